The van der Waals surface area contributed by atoms with Crippen LogP contribution in [-0.4, -0.2) is 46.3 Å². The lowest BCUT2D eigenvalue weighted by Gasteiger charge is -2.30. The molecule has 1 saturated heterocycles. The summed E-state index contributed by atoms with van der Waals surface area (Å²) >= 11 is 1.21. The second-order valence-electron chi connectivity index (χ2n) is 6.85. The summed E-state index contributed by atoms with van der Waals surface area (Å²) in [5.41, 5.74) is 0.616. The van der Waals surface area contributed by atoms with Gasteiger partial charge in [-0.25, -0.2) is 18.4 Å². The van der Waals surface area contributed by atoms with Crippen LogP contribution in [0.15, 0.2) is 52.4 Å². The van der Waals surface area contributed by atoms with Gasteiger partial charge in [-0.1, -0.05) is 6.07 Å². The monoisotopic (exact) mass is 431 g/mol. The number of aryl methyl sites for hydroxylation is 1. The molecule has 0 aliphatic carbocycles. The van der Waals surface area contributed by atoms with Crippen molar-refractivity contribution in [3.05, 3.63) is 54.1 Å². The lowest BCUT2D eigenvalue weighted by atomic mass is 9.97. The van der Waals surface area contributed by atoms with E-state index in [-0.39, 0.29) is 11.8 Å². The Morgan fingerprint density at radius 2 is 2.00 bits per heavy atom. The molecule has 4 heterocycles. The fraction of sp³-hybridized carbons (Fsp3) is 0.316. The summed E-state index contributed by atoms with van der Waals surface area (Å²) in [5.74, 6) is 1.23. The number of pyridine rings is 1. The third kappa shape index (κ3) is 4.09. The van der Waals surface area contributed by atoms with Crippen LogP contribution in [0.2, 0.25) is 0 Å². The molecule has 10 heteroatoms. The lowest BCUT2D eigenvalue weighted by Crippen LogP contribution is -2.41. The van der Waals surface area contributed by atoms with Crippen LogP contribution in [-0.2, 0) is 14.8 Å². The van der Waals surface area contributed by atoms with Gasteiger partial charge < -0.3 is 5.32 Å². The summed E-state index contributed by atoms with van der Waals surface area (Å²) in [5, 5.41) is 4.64. The van der Waals surface area contributed by atoms with Crippen LogP contribution in [0.5, 0.6) is 0 Å². The van der Waals surface area contributed by atoms with Gasteiger partial charge in [0.2, 0.25) is 5.91 Å². The highest BCUT2D eigenvalue weighted by Crippen LogP contribution is 2.27. The minimum atomic E-state index is -3.45. The van der Waals surface area contributed by atoms with E-state index >= 15 is 0 Å². The maximum atomic E-state index is 12.6. The highest BCUT2D eigenvalue weighted by Gasteiger charge is 2.32. The number of nitrogens with zero attached hydrogens (tertiary/aromatic N) is 4. The first-order chi connectivity index (χ1) is 13.9. The Morgan fingerprint density at radius 1 is 1.21 bits per heavy atom. The average molecular weight is 432 g/mol. The highest BCUT2D eigenvalue weighted by atomic mass is 32.2. The number of nitrogens with one attached hydrogen (secondary N) is 1. The summed E-state index contributed by atoms with van der Waals surface area (Å²) in [6, 6.07) is 6.96. The van der Waals surface area contributed by atoms with E-state index in [1.54, 1.807) is 36.0 Å². The van der Waals surface area contributed by atoms with Gasteiger partial charge >= 0.3 is 0 Å². The van der Waals surface area contributed by atoms with Crippen molar-refractivity contribution in [2.75, 3.05) is 18.4 Å². The van der Waals surface area contributed by atoms with Gasteiger partial charge in [0.1, 0.15) is 15.9 Å². The zero-order chi connectivity index (χ0) is 20.4. The number of piperidine rings is 1. The second kappa shape index (κ2) is 8.05. The molecule has 0 radical (unpaired) electrons. The molecule has 0 unspecified atom stereocenters. The lowest BCUT2D eigenvalue weighted by molar-refractivity contribution is -0.120. The molecule has 29 heavy (non-hydrogen) atoms. The number of rotatable bonds is 5. The van der Waals surface area contributed by atoms with Crippen molar-refractivity contribution in [3.63, 3.8) is 0 Å². The van der Waals surface area contributed by atoms with Gasteiger partial charge in [0.15, 0.2) is 0 Å². The molecule has 1 N–H and O–H groups in total. The zero-order valence-corrected chi connectivity index (χ0v) is 17.5. The van der Waals surface area contributed by atoms with Crippen LogP contribution < -0.4 is 5.32 Å². The number of sulfonamides is 1. The maximum Gasteiger partial charge on any atom is 0.252 e. The topological polar surface area (TPSA) is 97.2 Å². The number of hydrogen-bond donors (Lipinski definition) is 1. The number of hydrogen-bond acceptors (Lipinski definition) is 6. The molecule has 0 spiro atoms. The molecule has 1 aliphatic heterocycles. The normalized spacial score (nSPS) is 16.0. The summed E-state index contributed by atoms with van der Waals surface area (Å²) in [6.45, 7) is 2.58. The number of carbonyl (C=O) groups is 1. The van der Waals surface area contributed by atoms with Crippen molar-refractivity contribution >= 4 is 33.0 Å². The average Bonchev–Trinajstić information content (AvgIpc) is 3.41. The van der Waals surface area contributed by atoms with E-state index in [0.717, 1.165) is 11.6 Å². The minimum Gasteiger partial charge on any atom is -0.324 e. The van der Waals surface area contributed by atoms with Crippen molar-refractivity contribution in [3.8, 4) is 5.82 Å². The number of aromatic nitrogens is 3. The Hall–Kier alpha value is -2.56. The first-order valence-corrected chi connectivity index (χ1v) is 11.6. The molecule has 152 valence electrons. The molecule has 0 aromatic carbocycles. The van der Waals surface area contributed by atoms with Crippen molar-refractivity contribution in [1.82, 2.24) is 18.8 Å². The van der Waals surface area contributed by atoms with Crippen molar-refractivity contribution in [2.45, 2.75) is 24.0 Å². The van der Waals surface area contributed by atoms with Gasteiger partial charge in [-0.3, -0.25) is 9.36 Å². The standard InChI is InChI=1S/C19H21N5O3S2/c1-14-20-8-11-24(14)17-5-4-16(13-21-17)22-19(25)15-6-9-23(10-7-15)29(26,27)18-3-2-12-28-18/h2-5,8,11-13,15H,6-7,9-10H2,1H3,(H,22,25). The molecule has 3 aromatic rings. The van der Waals surface area contributed by atoms with E-state index in [1.807, 2.05) is 23.8 Å². The van der Waals surface area contributed by atoms with E-state index in [9.17, 15) is 13.2 Å². The third-order valence-corrected chi connectivity index (χ3v) is 8.27. The largest absolute Gasteiger partial charge is 0.324 e. The number of carbonyl (C=O) groups excluding carboxylic acids is 1. The van der Waals surface area contributed by atoms with Crippen LogP contribution in [0.1, 0.15) is 18.7 Å². The summed E-state index contributed by atoms with van der Waals surface area (Å²) < 4.78 is 28.8. The molecule has 4 rings (SSSR count). The fourth-order valence-corrected chi connectivity index (χ4v) is 5.98. The molecule has 0 saturated carbocycles. The van der Waals surface area contributed by atoms with E-state index in [0.29, 0.717) is 35.8 Å². The maximum absolute atomic E-state index is 12.6. The predicted octanol–water partition coefficient (Wildman–Crippen LogP) is 2.68. The smallest absolute Gasteiger partial charge is 0.252 e. The Morgan fingerprint density at radius 3 is 2.59 bits per heavy atom. The quantitative estimate of drug-likeness (QED) is 0.670. The first kappa shape index (κ1) is 19.7. The van der Waals surface area contributed by atoms with Gasteiger partial charge in [0.05, 0.1) is 11.9 Å². The van der Waals surface area contributed by atoms with E-state index in [2.05, 4.69) is 15.3 Å². The Bertz CT molecular complexity index is 1080. The predicted molar refractivity (Wildman–Crippen MR) is 111 cm³/mol. The van der Waals surface area contributed by atoms with Gasteiger partial charge in [-0.05, 0) is 43.3 Å². The molecule has 3 aromatic heterocycles. The third-order valence-electron chi connectivity index (χ3n) is 5.00. The van der Waals surface area contributed by atoms with Gasteiger partial charge in [0, 0.05) is 31.4 Å². The Balaban J connectivity index is 1.35. The summed E-state index contributed by atoms with van der Waals surface area (Å²) in [4.78, 5) is 21.1. The molecule has 1 aliphatic rings. The Kier molecular flexibility index (Phi) is 5.48. The van der Waals surface area contributed by atoms with E-state index in [4.69, 9.17) is 0 Å². The SMILES string of the molecule is Cc1nccn1-c1ccc(NC(=O)C2CCN(S(=O)(=O)c3cccs3)CC2)cn1. The molecular weight excluding hydrogens is 410 g/mol. The van der Waals surface area contributed by atoms with Crippen molar-refractivity contribution < 1.29 is 13.2 Å². The molecule has 0 bridgehead atoms. The zero-order valence-electron chi connectivity index (χ0n) is 15.9. The van der Waals surface area contributed by atoms with Crippen LogP contribution >= 0.6 is 11.3 Å². The number of imidazole rings is 1. The van der Waals surface area contributed by atoms with Crippen LogP contribution in [0.4, 0.5) is 5.69 Å². The number of thiophene rings is 1. The van der Waals surface area contributed by atoms with Crippen LogP contribution in [0, 0.1) is 12.8 Å². The molecule has 1 amide bonds. The first-order valence-electron chi connectivity index (χ1n) is 9.26. The number of anilines is 1. The van der Waals surface area contributed by atoms with Gasteiger partial charge in [-0.2, -0.15) is 4.31 Å². The molecular formula is C19H21N5O3S2. The summed E-state index contributed by atoms with van der Waals surface area (Å²) in [7, 11) is -3.45. The van der Waals surface area contributed by atoms with Gasteiger partial charge in [-0.15, -0.1) is 11.3 Å². The molecule has 0 atom stereocenters. The minimum absolute atomic E-state index is 0.105. The number of amides is 1. The van der Waals surface area contributed by atoms with E-state index in [1.165, 1.54) is 15.6 Å². The fourth-order valence-electron chi connectivity index (χ4n) is 3.36. The van der Waals surface area contributed by atoms with E-state index < -0.39 is 10.0 Å². The molecule has 8 nitrogen and oxygen atoms in total. The van der Waals surface area contributed by atoms with Gasteiger partial charge in [0.25, 0.3) is 10.0 Å². The Labute approximate surface area is 173 Å². The van der Waals surface area contributed by atoms with Crippen molar-refractivity contribution in [1.29, 1.82) is 0 Å². The van der Waals surface area contributed by atoms with Crippen LogP contribution in [0.25, 0.3) is 5.82 Å². The van der Waals surface area contributed by atoms with Crippen molar-refractivity contribution in [2.24, 2.45) is 5.92 Å². The summed E-state index contributed by atoms with van der Waals surface area (Å²) in [6.07, 6.45) is 6.14. The van der Waals surface area contributed by atoms with Crippen LogP contribution in [0.3, 0.4) is 0 Å². The second-order valence-corrected chi connectivity index (χ2v) is 9.96. The highest BCUT2D eigenvalue weighted by molar-refractivity contribution is 7.91. The molecule has 1 fully saturated rings.